The van der Waals surface area contributed by atoms with Gasteiger partial charge in [-0.15, -0.1) is 0 Å². The van der Waals surface area contributed by atoms with Gasteiger partial charge in [-0.1, -0.05) is 6.07 Å². The normalized spacial score (nSPS) is 14.4. The van der Waals surface area contributed by atoms with E-state index in [-0.39, 0.29) is 11.4 Å². The molecule has 1 aliphatic heterocycles. The number of aryl methyl sites for hydroxylation is 1. The minimum Gasteiger partial charge on any atom is -0.493 e. The van der Waals surface area contributed by atoms with E-state index in [9.17, 15) is 8.42 Å². The number of ether oxygens (including phenoxy) is 2. The van der Waals surface area contributed by atoms with Gasteiger partial charge in [0.15, 0.2) is 11.5 Å². The Morgan fingerprint density at radius 2 is 1.73 bits per heavy atom. The number of sulfonamides is 1. The lowest BCUT2D eigenvalue weighted by molar-refractivity contribution is 0.348. The summed E-state index contributed by atoms with van der Waals surface area (Å²) in [7, 11) is -0.561. The first kappa shape index (κ1) is 18.2. The lowest BCUT2D eigenvalue weighted by Gasteiger charge is -2.29. The minimum absolute atomic E-state index is 0.181. The molecule has 6 nitrogen and oxygen atoms in total. The van der Waals surface area contributed by atoms with Crippen LogP contribution in [0.1, 0.15) is 22.3 Å². The minimum atomic E-state index is -3.69. The third-order valence-corrected chi connectivity index (χ3v) is 6.61. The topological polar surface area (TPSA) is 79.6 Å². The molecule has 0 bridgehead atoms. The fourth-order valence-corrected chi connectivity index (χ4v) is 4.82. The number of hydrogen-bond acceptors (Lipinski definition) is 5. The lowest BCUT2D eigenvalue weighted by Crippen LogP contribution is -2.36. The van der Waals surface area contributed by atoms with Crippen molar-refractivity contribution in [2.24, 2.45) is 0 Å². The van der Waals surface area contributed by atoms with Crippen LogP contribution in [0.2, 0.25) is 0 Å². The molecule has 0 radical (unpaired) electrons. The first-order valence-corrected chi connectivity index (χ1v) is 9.59. The highest BCUT2D eigenvalue weighted by atomic mass is 32.2. The maximum atomic E-state index is 13.1. The fourth-order valence-electron chi connectivity index (χ4n) is 3.15. The van der Waals surface area contributed by atoms with Crippen molar-refractivity contribution in [1.29, 1.82) is 5.26 Å². The number of methoxy groups -OCH3 is 2. The molecular weight excluding hydrogens is 352 g/mol. The average molecular weight is 372 g/mol. The predicted molar refractivity (Wildman–Crippen MR) is 96.7 cm³/mol. The second kappa shape index (κ2) is 6.98. The molecule has 2 aromatic carbocycles. The molecule has 1 heterocycles. The van der Waals surface area contributed by atoms with Crippen LogP contribution in [0.25, 0.3) is 0 Å². The zero-order chi connectivity index (χ0) is 18.9. The van der Waals surface area contributed by atoms with E-state index >= 15 is 0 Å². The van der Waals surface area contributed by atoms with Gasteiger partial charge in [0, 0.05) is 13.1 Å². The van der Waals surface area contributed by atoms with E-state index in [4.69, 9.17) is 14.7 Å². The van der Waals surface area contributed by atoms with E-state index in [2.05, 4.69) is 0 Å². The Morgan fingerprint density at radius 3 is 2.35 bits per heavy atom. The van der Waals surface area contributed by atoms with Crippen molar-refractivity contribution in [3.05, 3.63) is 52.6 Å². The summed E-state index contributed by atoms with van der Waals surface area (Å²) in [6.07, 6.45) is 0.589. The van der Waals surface area contributed by atoms with Crippen molar-refractivity contribution in [2.45, 2.75) is 24.8 Å². The van der Waals surface area contributed by atoms with E-state index < -0.39 is 10.0 Å². The van der Waals surface area contributed by atoms with Gasteiger partial charge in [-0.05, 0) is 54.3 Å². The highest BCUT2D eigenvalue weighted by molar-refractivity contribution is 7.89. The number of benzene rings is 2. The Morgan fingerprint density at radius 1 is 1.08 bits per heavy atom. The second-order valence-electron chi connectivity index (χ2n) is 6.16. The Balaban J connectivity index is 1.99. The van der Waals surface area contributed by atoms with E-state index in [0.29, 0.717) is 35.6 Å². The smallest absolute Gasteiger partial charge is 0.243 e. The van der Waals surface area contributed by atoms with Gasteiger partial charge in [-0.3, -0.25) is 0 Å². The van der Waals surface area contributed by atoms with Gasteiger partial charge in [0.05, 0.1) is 30.7 Å². The van der Waals surface area contributed by atoms with Crippen molar-refractivity contribution in [3.63, 3.8) is 0 Å². The first-order chi connectivity index (χ1) is 12.4. The maximum Gasteiger partial charge on any atom is 0.243 e. The summed E-state index contributed by atoms with van der Waals surface area (Å²) in [4.78, 5) is 0.181. The lowest BCUT2D eigenvalue weighted by atomic mass is 10.0. The second-order valence-corrected chi connectivity index (χ2v) is 8.06. The zero-order valence-electron chi connectivity index (χ0n) is 14.9. The van der Waals surface area contributed by atoms with Crippen LogP contribution in [0.15, 0.2) is 35.2 Å². The predicted octanol–water partition coefficient (Wildman–Crippen LogP) is 2.63. The molecule has 2 aromatic rings. The molecule has 26 heavy (non-hydrogen) atoms. The van der Waals surface area contributed by atoms with Gasteiger partial charge < -0.3 is 9.47 Å². The summed E-state index contributed by atoms with van der Waals surface area (Å²) in [6.45, 7) is 2.37. The summed E-state index contributed by atoms with van der Waals surface area (Å²) in [5, 5.41) is 9.08. The van der Waals surface area contributed by atoms with E-state index in [1.807, 2.05) is 18.2 Å². The molecule has 136 valence electrons. The summed E-state index contributed by atoms with van der Waals surface area (Å²) >= 11 is 0. The highest BCUT2D eigenvalue weighted by Gasteiger charge is 2.30. The number of nitriles is 1. The molecule has 0 aliphatic carbocycles. The molecule has 0 atom stereocenters. The molecule has 0 aromatic heterocycles. The van der Waals surface area contributed by atoms with Gasteiger partial charge in [-0.2, -0.15) is 9.57 Å². The molecule has 3 rings (SSSR count). The first-order valence-electron chi connectivity index (χ1n) is 8.15. The van der Waals surface area contributed by atoms with Gasteiger partial charge in [0.2, 0.25) is 10.0 Å². The molecule has 0 N–H and O–H groups in total. The quantitative estimate of drug-likeness (QED) is 0.824. The van der Waals surface area contributed by atoms with Crippen LogP contribution in [0, 0.1) is 18.3 Å². The molecule has 0 saturated heterocycles. The van der Waals surface area contributed by atoms with Crippen LogP contribution in [-0.4, -0.2) is 33.5 Å². The van der Waals surface area contributed by atoms with E-state index in [1.165, 1.54) is 10.4 Å². The SMILES string of the molecule is COc1cc2c(cc1OC)CN(S(=O)(=O)c1cc(C#N)ccc1C)CC2. The zero-order valence-corrected chi connectivity index (χ0v) is 15.8. The summed E-state index contributed by atoms with van der Waals surface area (Å²) in [6, 6.07) is 10.5. The summed E-state index contributed by atoms with van der Waals surface area (Å²) in [5.41, 5.74) is 2.91. The fraction of sp³-hybridized carbons (Fsp3) is 0.316. The number of fused-ring (bicyclic) bond motifs is 1. The van der Waals surface area contributed by atoms with Crippen molar-refractivity contribution in [2.75, 3.05) is 20.8 Å². The number of hydrogen-bond donors (Lipinski definition) is 0. The molecule has 0 saturated carbocycles. The van der Waals surface area contributed by atoms with E-state index in [1.54, 1.807) is 33.3 Å². The number of nitrogens with zero attached hydrogens (tertiary/aromatic N) is 2. The van der Waals surface area contributed by atoms with Crippen molar-refractivity contribution in [3.8, 4) is 17.6 Å². The molecule has 7 heteroatoms. The summed E-state index contributed by atoms with van der Waals surface area (Å²) < 4.78 is 38.3. The maximum absolute atomic E-state index is 13.1. The Bertz CT molecular complexity index is 993. The number of rotatable bonds is 4. The van der Waals surface area contributed by atoms with E-state index in [0.717, 1.165) is 11.1 Å². The van der Waals surface area contributed by atoms with Gasteiger partial charge >= 0.3 is 0 Å². The molecule has 1 aliphatic rings. The highest BCUT2D eigenvalue weighted by Crippen LogP contribution is 2.35. The van der Waals surface area contributed by atoms with Crippen LogP contribution in [0.4, 0.5) is 0 Å². The van der Waals surface area contributed by atoms with Crippen LogP contribution in [-0.2, 0) is 23.0 Å². The van der Waals surface area contributed by atoms with Crippen molar-refractivity contribution in [1.82, 2.24) is 4.31 Å². The molecule has 0 unspecified atom stereocenters. The molecule has 0 spiro atoms. The molecular formula is C19H20N2O4S. The van der Waals surface area contributed by atoms with Crippen LogP contribution in [0.5, 0.6) is 11.5 Å². The average Bonchev–Trinajstić information content (AvgIpc) is 2.66. The third-order valence-electron chi connectivity index (χ3n) is 4.62. The Labute approximate surface area is 153 Å². The van der Waals surface area contributed by atoms with Crippen molar-refractivity contribution >= 4 is 10.0 Å². The van der Waals surface area contributed by atoms with Crippen LogP contribution >= 0.6 is 0 Å². The Hall–Kier alpha value is -2.56. The van der Waals surface area contributed by atoms with Gasteiger partial charge in [0.25, 0.3) is 0 Å². The molecule has 0 fully saturated rings. The standard InChI is InChI=1S/C19H20N2O4S/c1-13-4-5-14(11-20)8-19(13)26(22,23)21-7-6-15-9-17(24-2)18(25-3)10-16(15)12-21/h4-5,8-10H,6-7,12H2,1-3H3. The third kappa shape index (κ3) is 3.14. The van der Waals surface area contributed by atoms with Crippen molar-refractivity contribution < 1.29 is 17.9 Å². The van der Waals surface area contributed by atoms with Gasteiger partial charge in [-0.25, -0.2) is 8.42 Å². The summed E-state index contributed by atoms with van der Waals surface area (Å²) in [5.74, 6) is 1.22. The largest absolute Gasteiger partial charge is 0.493 e. The Kier molecular flexibility index (Phi) is 4.90. The monoisotopic (exact) mass is 372 g/mol. The van der Waals surface area contributed by atoms with Gasteiger partial charge in [0.1, 0.15) is 0 Å². The van der Waals surface area contributed by atoms with Crippen LogP contribution < -0.4 is 9.47 Å². The van der Waals surface area contributed by atoms with Crippen LogP contribution in [0.3, 0.4) is 0 Å². The molecule has 0 amide bonds.